The molecular formula is C21H40N4O4S. The van der Waals surface area contributed by atoms with Gasteiger partial charge in [0, 0.05) is 25.7 Å². The van der Waals surface area contributed by atoms with Gasteiger partial charge in [-0.2, -0.15) is 0 Å². The minimum Gasteiger partial charge on any atom is -0.468 e. The van der Waals surface area contributed by atoms with E-state index < -0.39 is 9.84 Å². The molecule has 1 heterocycles. The quantitative estimate of drug-likeness (QED) is 0.438. The number of amides is 2. The molecule has 0 aliphatic carbocycles. The zero-order chi connectivity index (χ0) is 22.7. The molecule has 0 bridgehead atoms. The van der Waals surface area contributed by atoms with E-state index in [2.05, 4.69) is 9.80 Å². The summed E-state index contributed by atoms with van der Waals surface area (Å²) < 4.78 is 30.1. The zero-order valence-electron chi connectivity index (χ0n) is 19.5. The van der Waals surface area contributed by atoms with E-state index in [-0.39, 0.29) is 30.1 Å². The van der Waals surface area contributed by atoms with Crippen LogP contribution in [-0.4, -0.2) is 107 Å². The van der Waals surface area contributed by atoms with Gasteiger partial charge in [-0.3, -0.25) is 0 Å². The fourth-order valence-corrected chi connectivity index (χ4v) is 4.35. The average Bonchev–Trinajstić information content (AvgIpc) is 3.11. The summed E-state index contributed by atoms with van der Waals surface area (Å²) in [4.78, 5) is 21.0. The molecule has 0 saturated carbocycles. The van der Waals surface area contributed by atoms with Crippen LogP contribution in [-0.2, 0) is 15.6 Å². The number of furan rings is 1. The molecule has 2 amide bonds. The van der Waals surface area contributed by atoms with Crippen LogP contribution in [0.25, 0.3) is 0 Å². The van der Waals surface area contributed by atoms with Gasteiger partial charge in [0.2, 0.25) is 0 Å². The van der Waals surface area contributed by atoms with Crippen molar-refractivity contribution < 1.29 is 17.6 Å². The van der Waals surface area contributed by atoms with Crippen molar-refractivity contribution in [3.8, 4) is 0 Å². The molecule has 0 atom stereocenters. The molecule has 1 aromatic rings. The van der Waals surface area contributed by atoms with Crippen LogP contribution in [0.5, 0.6) is 0 Å². The molecule has 1 rings (SSSR count). The highest BCUT2D eigenvalue weighted by molar-refractivity contribution is 7.90. The van der Waals surface area contributed by atoms with Crippen LogP contribution in [0, 0.1) is 0 Å². The number of urea groups is 1. The van der Waals surface area contributed by atoms with Crippen LogP contribution in [0.2, 0.25) is 0 Å². The van der Waals surface area contributed by atoms with Crippen molar-refractivity contribution in [1.82, 2.24) is 19.6 Å². The third-order valence-corrected chi connectivity index (χ3v) is 6.32. The van der Waals surface area contributed by atoms with Gasteiger partial charge in [-0.1, -0.05) is 0 Å². The average molecular weight is 445 g/mol. The molecule has 8 nitrogen and oxygen atoms in total. The summed E-state index contributed by atoms with van der Waals surface area (Å²) in [6, 6.07) is 3.16. The molecule has 0 aliphatic rings. The summed E-state index contributed by atoms with van der Waals surface area (Å²) in [7, 11) is 4.70. The summed E-state index contributed by atoms with van der Waals surface area (Å²) in [6.45, 7) is 7.15. The number of rotatable bonds is 14. The van der Waals surface area contributed by atoms with E-state index in [1.807, 2.05) is 46.9 Å². The second-order valence-electron chi connectivity index (χ2n) is 8.54. The minimum absolute atomic E-state index is 0.0819. The molecule has 0 unspecified atom stereocenters. The molecule has 30 heavy (non-hydrogen) atoms. The Morgan fingerprint density at radius 2 is 1.53 bits per heavy atom. The normalized spacial score (nSPS) is 12.2. The predicted molar refractivity (Wildman–Crippen MR) is 121 cm³/mol. The van der Waals surface area contributed by atoms with Crippen LogP contribution in [0.3, 0.4) is 0 Å². The summed E-state index contributed by atoms with van der Waals surface area (Å²) in [5.41, 5.74) is 0. The van der Waals surface area contributed by atoms with Crippen molar-refractivity contribution in [2.24, 2.45) is 0 Å². The molecule has 0 fully saturated rings. The first-order valence-electron chi connectivity index (χ1n) is 10.6. The number of carbonyl (C=O) groups is 1. The molecule has 0 N–H and O–H groups in total. The topological polar surface area (TPSA) is 77.3 Å². The largest absolute Gasteiger partial charge is 0.468 e. The Balaban J connectivity index is 2.77. The molecular weight excluding hydrogens is 404 g/mol. The Hall–Kier alpha value is -1.58. The predicted octanol–water partition coefficient (Wildman–Crippen LogP) is 2.23. The molecule has 0 aromatic carbocycles. The lowest BCUT2D eigenvalue weighted by atomic mass is 10.3. The van der Waals surface area contributed by atoms with Gasteiger partial charge < -0.3 is 24.0 Å². The molecule has 0 radical (unpaired) electrons. The van der Waals surface area contributed by atoms with Gasteiger partial charge in [0.15, 0.2) is 9.84 Å². The van der Waals surface area contributed by atoms with E-state index in [0.717, 1.165) is 25.9 Å². The summed E-state index contributed by atoms with van der Waals surface area (Å²) in [5.74, 6) is 0.197. The molecule has 0 spiro atoms. The molecule has 174 valence electrons. The van der Waals surface area contributed by atoms with Crippen LogP contribution in [0.15, 0.2) is 22.8 Å². The van der Waals surface area contributed by atoms with Gasteiger partial charge in [-0.05, 0) is 80.1 Å². The molecule has 0 saturated heterocycles. The van der Waals surface area contributed by atoms with E-state index in [4.69, 9.17) is 4.42 Å². The number of nitrogens with zero attached hydrogens (tertiary/aromatic N) is 4. The van der Waals surface area contributed by atoms with Gasteiger partial charge in [-0.15, -0.1) is 0 Å². The Morgan fingerprint density at radius 3 is 1.97 bits per heavy atom. The van der Waals surface area contributed by atoms with E-state index in [0.29, 0.717) is 18.8 Å². The second-order valence-corrected chi connectivity index (χ2v) is 10.7. The number of hydrogen-bond donors (Lipinski definition) is 0. The maximum absolute atomic E-state index is 13.3. The Kier molecular flexibility index (Phi) is 11.4. The minimum atomic E-state index is -3.37. The van der Waals surface area contributed by atoms with Crippen LogP contribution >= 0.6 is 0 Å². The van der Waals surface area contributed by atoms with Crippen LogP contribution in [0.4, 0.5) is 4.79 Å². The first kappa shape index (κ1) is 26.5. The monoisotopic (exact) mass is 444 g/mol. The van der Waals surface area contributed by atoms with E-state index >= 15 is 0 Å². The Morgan fingerprint density at radius 1 is 0.967 bits per heavy atom. The zero-order valence-corrected chi connectivity index (χ0v) is 20.3. The highest BCUT2D eigenvalue weighted by Gasteiger charge is 2.25. The van der Waals surface area contributed by atoms with Crippen molar-refractivity contribution >= 4 is 15.9 Å². The number of hydrogen-bond acceptors (Lipinski definition) is 6. The van der Waals surface area contributed by atoms with Crippen molar-refractivity contribution in [3.63, 3.8) is 0 Å². The molecule has 1 aromatic heterocycles. The maximum Gasteiger partial charge on any atom is 0.320 e. The van der Waals surface area contributed by atoms with Gasteiger partial charge in [0.05, 0.1) is 12.0 Å². The Bertz CT molecular complexity index is 689. The summed E-state index contributed by atoms with van der Waals surface area (Å²) >= 11 is 0. The Labute approximate surface area is 182 Å². The fourth-order valence-electron chi connectivity index (χ4n) is 3.14. The van der Waals surface area contributed by atoms with Gasteiger partial charge in [0.25, 0.3) is 0 Å². The maximum atomic E-state index is 13.3. The standard InChI is InChI=1S/C21H40N4O4S/c1-19(2)25(15-17-30(27,28)18-20-10-7-16-29-20)21(26)24(13-8-11-22(3)4)14-9-12-23(5)6/h7,10,16,19H,8-9,11-15,17-18H2,1-6H3. The van der Waals surface area contributed by atoms with Crippen LogP contribution < -0.4 is 0 Å². The van der Waals surface area contributed by atoms with E-state index in [9.17, 15) is 13.2 Å². The third kappa shape index (κ3) is 10.4. The second kappa shape index (κ2) is 13.0. The SMILES string of the molecule is CC(C)N(CCS(=O)(=O)Cc1ccco1)C(=O)N(CCCN(C)C)CCCN(C)C. The smallest absolute Gasteiger partial charge is 0.320 e. The molecule has 0 aliphatic heterocycles. The van der Waals surface area contributed by atoms with Gasteiger partial charge in [-0.25, -0.2) is 13.2 Å². The van der Waals surface area contributed by atoms with E-state index in [1.165, 1.54) is 6.26 Å². The van der Waals surface area contributed by atoms with Crippen LogP contribution in [0.1, 0.15) is 32.4 Å². The third-order valence-electron chi connectivity index (χ3n) is 4.79. The first-order chi connectivity index (χ1) is 14.0. The van der Waals surface area contributed by atoms with Gasteiger partial charge in [0.1, 0.15) is 11.5 Å². The number of sulfone groups is 1. The van der Waals surface area contributed by atoms with Crippen molar-refractivity contribution in [3.05, 3.63) is 24.2 Å². The van der Waals surface area contributed by atoms with Gasteiger partial charge >= 0.3 is 6.03 Å². The van der Waals surface area contributed by atoms with Crippen molar-refractivity contribution in [1.29, 1.82) is 0 Å². The molecule has 9 heteroatoms. The lowest BCUT2D eigenvalue weighted by Gasteiger charge is -2.34. The summed E-state index contributed by atoms with van der Waals surface area (Å²) in [5, 5.41) is 0. The van der Waals surface area contributed by atoms with E-state index in [1.54, 1.807) is 17.0 Å². The van der Waals surface area contributed by atoms with Crippen molar-refractivity contribution in [2.75, 3.05) is 66.7 Å². The fraction of sp³-hybridized carbons (Fsp3) is 0.762. The highest BCUT2D eigenvalue weighted by Crippen LogP contribution is 2.11. The number of carbonyl (C=O) groups excluding carboxylic acids is 1. The van der Waals surface area contributed by atoms with Crippen molar-refractivity contribution in [2.45, 2.75) is 38.5 Å². The lowest BCUT2D eigenvalue weighted by Crippen LogP contribution is -2.49. The highest BCUT2D eigenvalue weighted by atomic mass is 32.2. The first-order valence-corrected chi connectivity index (χ1v) is 12.4. The lowest BCUT2D eigenvalue weighted by molar-refractivity contribution is 0.139. The summed E-state index contributed by atoms with van der Waals surface area (Å²) in [6.07, 6.45) is 3.22.